The van der Waals surface area contributed by atoms with E-state index in [0.717, 1.165) is 0 Å². The van der Waals surface area contributed by atoms with Gasteiger partial charge in [0.05, 0.1) is 19.2 Å². The van der Waals surface area contributed by atoms with Crippen LogP contribution in [0.3, 0.4) is 0 Å². The highest BCUT2D eigenvalue weighted by molar-refractivity contribution is 5.71. The lowest BCUT2D eigenvalue weighted by Crippen LogP contribution is -2.55. The van der Waals surface area contributed by atoms with Crippen LogP contribution >= 0.6 is 0 Å². The van der Waals surface area contributed by atoms with Crippen molar-refractivity contribution in [2.24, 2.45) is 0 Å². The van der Waals surface area contributed by atoms with Gasteiger partial charge in [0.2, 0.25) is 6.54 Å². The molecule has 17 heavy (non-hydrogen) atoms. The molecule has 0 bridgehead atoms. The normalized spacial score (nSPS) is 28.7. The van der Waals surface area contributed by atoms with Crippen LogP contribution in [0.15, 0.2) is 0 Å². The largest absolute Gasteiger partial charge is 0.468 e. The van der Waals surface area contributed by atoms with Crippen molar-refractivity contribution in [1.82, 2.24) is 5.32 Å². The number of nitrogens with one attached hydrogen (secondary N) is 1. The molecule has 0 aromatic rings. The van der Waals surface area contributed by atoms with Gasteiger partial charge in [-0.05, 0) is 19.3 Å². The zero-order valence-corrected chi connectivity index (χ0v) is 9.78. The van der Waals surface area contributed by atoms with Gasteiger partial charge in [-0.25, -0.2) is 4.39 Å². The van der Waals surface area contributed by atoms with Gasteiger partial charge in [0.25, 0.3) is 0 Å². The van der Waals surface area contributed by atoms with E-state index in [1.165, 1.54) is 7.11 Å². The zero-order chi connectivity index (χ0) is 12.9. The first-order valence-corrected chi connectivity index (χ1v) is 5.55. The van der Waals surface area contributed by atoms with Gasteiger partial charge in [0.15, 0.2) is 0 Å². The van der Waals surface area contributed by atoms with Crippen molar-refractivity contribution in [2.45, 2.75) is 37.4 Å². The van der Waals surface area contributed by atoms with E-state index in [4.69, 9.17) is 0 Å². The van der Waals surface area contributed by atoms with Crippen molar-refractivity contribution in [3.8, 4) is 0 Å². The highest BCUT2D eigenvalue weighted by atomic mass is 19.1. The molecule has 98 valence electrons. The average molecular weight is 248 g/mol. The summed E-state index contributed by atoms with van der Waals surface area (Å²) in [5.74, 6) is -0.506. The first kappa shape index (κ1) is 13.8. The summed E-state index contributed by atoms with van der Waals surface area (Å²) in [4.78, 5) is 21.2. The summed E-state index contributed by atoms with van der Waals surface area (Å²) in [5.41, 5.74) is -0.921. The molecule has 2 unspecified atom stereocenters. The summed E-state index contributed by atoms with van der Waals surface area (Å²) >= 11 is 0. The minimum absolute atomic E-state index is 0.0744. The fraction of sp³-hybridized carbons (Fsp3) is 0.900. The van der Waals surface area contributed by atoms with E-state index in [1.54, 1.807) is 0 Å². The van der Waals surface area contributed by atoms with Gasteiger partial charge < -0.3 is 4.74 Å². The van der Waals surface area contributed by atoms with E-state index in [0.29, 0.717) is 19.3 Å². The molecule has 0 aromatic carbocycles. The highest BCUT2D eigenvalue weighted by Crippen LogP contribution is 2.30. The third-order valence-corrected chi connectivity index (χ3v) is 3.05. The molecule has 0 radical (unpaired) electrons. The van der Waals surface area contributed by atoms with Gasteiger partial charge in [-0.2, -0.15) is 0 Å². The van der Waals surface area contributed by atoms with Crippen LogP contribution in [0.25, 0.3) is 0 Å². The molecule has 1 aliphatic carbocycles. The van der Waals surface area contributed by atoms with Gasteiger partial charge in [-0.15, -0.1) is 0 Å². The topological polar surface area (TPSA) is 81.5 Å². The van der Waals surface area contributed by atoms with Crippen LogP contribution in [-0.2, 0) is 9.53 Å². The Hall–Kier alpha value is -1.24. The van der Waals surface area contributed by atoms with Gasteiger partial charge in [-0.1, -0.05) is 0 Å². The number of alkyl halides is 1. The van der Waals surface area contributed by atoms with E-state index < -0.39 is 22.6 Å². The predicted octanol–water partition coefficient (Wildman–Crippen LogP) is 0.677. The molecule has 0 spiro atoms. The SMILES string of the molecule is COC(=O)CNC1(C[N+](=O)[O-])CCCC(F)C1. The lowest BCUT2D eigenvalue weighted by molar-refractivity contribution is -0.492. The second-order valence-corrected chi connectivity index (χ2v) is 4.39. The monoisotopic (exact) mass is 248 g/mol. The standard InChI is InChI=1S/C10H17FN2O4/c1-17-9(14)6-12-10(7-13(15)16)4-2-3-8(11)5-10/h8,12H,2-7H2,1H3. The molecule has 7 heteroatoms. The fourth-order valence-electron chi connectivity index (χ4n) is 2.23. The van der Waals surface area contributed by atoms with Crippen LogP contribution in [0.5, 0.6) is 0 Å². The molecular formula is C10H17FN2O4. The molecule has 0 aromatic heterocycles. The number of hydrogen-bond acceptors (Lipinski definition) is 5. The molecule has 1 rings (SSSR count). The van der Waals surface area contributed by atoms with Crippen LogP contribution < -0.4 is 5.32 Å². The molecule has 0 amide bonds. The molecule has 1 N–H and O–H groups in total. The fourth-order valence-corrected chi connectivity index (χ4v) is 2.23. The number of hydrogen-bond donors (Lipinski definition) is 1. The predicted molar refractivity (Wildman–Crippen MR) is 58.0 cm³/mol. The summed E-state index contributed by atoms with van der Waals surface area (Å²) in [6.07, 6.45) is 0.549. The Morgan fingerprint density at radius 2 is 2.41 bits per heavy atom. The minimum Gasteiger partial charge on any atom is -0.468 e. The minimum atomic E-state index is -1.05. The van der Waals surface area contributed by atoms with Gasteiger partial charge in [0.1, 0.15) is 6.17 Å². The summed E-state index contributed by atoms with van der Waals surface area (Å²) in [6, 6.07) is 0. The first-order valence-electron chi connectivity index (χ1n) is 5.55. The van der Waals surface area contributed by atoms with E-state index in [1.807, 2.05) is 0 Å². The van der Waals surface area contributed by atoms with Crippen molar-refractivity contribution < 1.29 is 18.8 Å². The smallest absolute Gasteiger partial charge is 0.319 e. The lowest BCUT2D eigenvalue weighted by Gasteiger charge is -2.35. The Balaban J connectivity index is 2.64. The number of ether oxygens (including phenoxy) is 1. The number of esters is 1. The number of carbonyl (C=O) groups excluding carboxylic acids is 1. The summed E-state index contributed by atoms with van der Waals surface area (Å²) in [5, 5.41) is 13.4. The van der Waals surface area contributed by atoms with E-state index in [-0.39, 0.29) is 19.5 Å². The maximum atomic E-state index is 13.4. The van der Waals surface area contributed by atoms with E-state index >= 15 is 0 Å². The van der Waals surface area contributed by atoms with Crippen molar-refractivity contribution in [3.05, 3.63) is 10.1 Å². The maximum absolute atomic E-state index is 13.4. The third kappa shape index (κ3) is 4.26. The third-order valence-electron chi connectivity index (χ3n) is 3.05. The Bertz CT molecular complexity index is 300. The second-order valence-electron chi connectivity index (χ2n) is 4.39. The van der Waals surface area contributed by atoms with Crippen molar-refractivity contribution in [2.75, 3.05) is 20.2 Å². The van der Waals surface area contributed by atoms with Crippen LogP contribution in [0, 0.1) is 10.1 Å². The van der Waals surface area contributed by atoms with Crippen molar-refractivity contribution in [3.63, 3.8) is 0 Å². The molecule has 1 aliphatic rings. The number of halogens is 1. The van der Waals surface area contributed by atoms with Gasteiger partial charge >= 0.3 is 5.97 Å². The van der Waals surface area contributed by atoms with Crippen LogP contribution in [-0.4, -0.2) is 42.8 Å². The second kappa shape index (κ2) is 5.90. The highest BCUT2D eigenvalue weighted by Gasteiger charge is 2.41. The molecular weight excluding hydrogens is 231 g/mol. The van der Waals surface area contributed by atoms with Crippen LogP contribution in [0.4, 0.5) is 4.39 Å². The molecule has 1 saturated carbocycles. The summed E-state index contributed by atoms with van der Waals surface area (Å²) in [7, 11) is 1.24. The van der Waals surface area contributed by atoms with Gasteiger partial charge in [-0.3, -0.25) is 20.2 Å². The Morgan fingerprint density at radius 1 is 1.71 bits per heavy atom. The van der Waals surface area contributed by atoms with Crippen LogP contribution in [0.2, 0.25) is 0 Å². The Labute approximate surface area is 98.7 Å². The number of nitro groups is 1. The molecule has 0 saturated heterocycles. The summed E-state index contributed by atoms with van der Waals surface area (Å²) in [6.45, 7) is -0.499. The van der Waals surface area contributed by atoms with Gasteiger partial charge in [0, 0.05) is 11.3 Å². The lowest BCUT2D eigenvalue weighted by atomic mass is 9.80. The first-order chi connectivity index (χ1) is 7.97. The number of nitrogens with zero attached hydrogens (tertiary/aromatic N) is 1. The van der Waals surface area contributed by atoms with E-state index in [9.17, 15) is 19.3 Å². The molecule has 1 fully saturated rings. The quantitative estimate of drug-likeness (QED) is 0.439. The number of rotatable bonds is 5. The number of methoxy groups -OCH3 is 1. The van der Waals surface area contributed by atoms with Crippen molar-refractivity contribution >= 4 is 5.97 Å². The Morgan fingerprint density at radius 3 is 2.94 bits per heavy atom. The van der Waals surface area contributed by atoms with Crippen molar-refractivity contribution in [1.29, 1.82) is 0 Å². The average Bonchev–Trinajstić information content (AvgIpc) is 2.25. The summed E-state index contributed by atoms with van der Waals surface area (Å²) < 4.78 is 17.8. The molecule has 0 heterocycles. The Kier molecular flexibility index (Phi) is 4.80. The van der Waals surface area contributed by atoms with Crippen LogP contribution in [0.1, 0.15) is 25.7 Å². The molecule has 0 aliphatic heterocycles. The molecule has 6 nitrogen and oxygen atoms in total. The van der Waals surface area contributed by atoms with E-state index in [2.05, 4.69) is 10.1 Å². The zero-order valence-electron chi connectivity index (χ0n) is 9.78. The number of carbonyl (C=O) groups is 1. The maximum Gasteiger partial charge on any atom is 0.319 e. The molecule has 2 atom stereocenters.